The number of hydrogen-bond donors (Lipinski definition) is 2. The summed E-state index contributed by atoms with van der Waals surface area (Å²) >= 11 is 0. The van der Waals surface area contributed by atoms with Gasteiger partial charge >= 0.3 is 6.09 Å². The number of amides is 1. The molecule has 0 aromatic heterocycles. The van der Waals surface area contributed by atoms with Crippen LogP contribution in [0, 0.1) is 5.92 Å². The van der Waals surface area contributed by atoms with Crippen molar-refractivity contribution in [1.29, 1.82) is 0 Å². The van der Waals surface area contributed by atoms with Crippen LogP contribution in [-0.4, -0.2) is 43.5 Å². The van der Waals surface area contributed by atoms with Gasteiger partial charge in [0.1, 0.15) is 5.60 Å². The average Bonchev–Trinajstić information content (AvgIpc) is 2.51. The Kier molecular flexibility index (Phi) is 7.15. The lowest BCUT2D eigenvalue weighted by Crippen LogP contribution is -2.47. The Bertz CT molecular complexity index is 362. The van der Waals surface area contributed by atoms with Crippen molar-refractivity contribution in [2.45, 2.75) is 83.5 Å². The molecular formula is C18H34N2O3. The van der Waals surface area contributed by atoms with Gasteiger partial charge in [-0.1, -0.05) is 12.8 Å². The van der Waals surface area contributed by atoms with Crippen LogP contribution in [0.4, 0.5) is 4.79 Å². The van der Waals surface area contributed by atoms with Gasteiger partial charge in [0.05, 0.1) is 6.10 Å². The first-order chi connectivity index (χ1) is 10.9. The third kappa shape index (κ3) is 7.08. The molecule has 0 spiro atoms. The fraction of sp³-hybridized carbons (Fsp3) is 0.944. The lowest BCUT2D eigenvalue weighted by Gasteiger charge is -2.34. The third-order valence-electron chi connectivity index (χ3n) is 4.70. The molecule has 1 heterocycles. The van der Waals surface area contributed by atoms with E-state index in [9.17, 15) is 4.79 Å². The summed E-state index contributed by atoms with van der Waals surface area (Å²) in [6, 6.07) is 0.476. The number of nitrogens with one attached hydrogen (secondary N) is 2. The van der Waals surface area contributed by atoms with Gasteiger partial charge in [0.2, 0.25) is 0 Å². The van der Waals surface area contributed by atoms with Crippen LogP contribution in [0.5, 0.6) is 0 Å². The molecule has 5 heteroatoms. The molecular weight excluding hydrogens is 292 g/mol. The molecule has 0 aromatic carbocycles. The van der Waals surface area contributed by atoms with Crippen LogP contribution < -0.4 is 10.6 Å². The van der Waals surface area contributed by atoms with E-state index in [0.29, 0.717) is 24.6 Å². The summed E-state index contributed by atoms with van der Waals surface area (Å²) in [6.45, 7) is 8.21. The van der Waals surface area contributed by atoms with Crippen LogP contribution in [0.25, 0.3) is 0 Å². The number of ether oxygens (including phenoxy) is 2. The Labute approximate surface area is 140 Å². The van der Waals surface area contributed by atoms with Gasteiger partial charge in [-0.25, -0.2) is 4.79 Å². The zero-order valence-electron chi connectivity index (χ0n) is 15.0. The van der Waals surface area contributed by atoms with Gasteiger partial charge in [-0.2, -0.15) is 0 Å². The molecule has 1 saturated heterocycles. The summed E-state index contributed by atoms with van der Waals surface area (Å²) in [7, 11) is 0. The maximum absolute atomic E-state index is 11.8. The maximum Gasteiger partial charge on any atom is 0.407 e. The lowest BCUT2D eigenvalue weighted by molar-refractivity contribution is 0.0130. The van der Waals surface area contributed by atoms with Crippen molar-refractivity contribution in [1.82, 2.24) is 10.6 Å². The van der Waals surface area contributed by atoms with Gasteiger partial charge in [0.15, 0.2) is 0 Å². The van der Waals surface area contributed by atoms with E-state index in [1.807, 2.05) is 20.8 Å². The Morgan fingerprint density at radius 2 is 1.83 bits per heavy atom. The monoisotopic (exact) mass is 326 g/mol. The average molecular weight is 326 g/mol. The zero-order chi connectivity index (χ0) is 16.7. The highest BCUT2D eigenvalue weighted by Crippen LogP contribution is 2.24. The van der Waals surface area contributed by atoms with Gasteiger partial charge in [0, 0.05) is 25.7 Å². The third-order valence-corrected chi connectivity index (χ3v) is 4.70. The molecule has 2 fully saturated rings. The van der Waals surface area contributed by atoms with Crippen molar-refractivity contribution < 1.29 is 14.3 Å². The van der Waals surface area contributed by atoms with Crippen molar-refractivity contribution in [3.8, 4) is 0 Å². The predicted octanol–water partition coefficient (Wildman–Crippen LogP) is 3.23. The number of carbonyl (C=O) groups is 1. The molecule has 2 aliphatic rings. The van der Waals surface area contributed by atoms with E-state index in [0.717, 1.165) is 13.2 Å². The van der Waals surface area contributed by atoms with Crippen molar-refractivity contribution >= 4 is 6.09 Å². The summed E-state index contributed by atoms with van der Waals surface area (Å²) in [4.78, 5) is 11.8. The first kappa shape index (κ1) is 18.5. The van der Waals surface area contributed by atoms with Gasteiger partial charge in [0.25, 0.3) is 0 Å². The van der Waals surface area contributed by atoms with E-state index in [4.69, 9.17) is 9.47 Å². The minimum atomic E-state index is -0.438. The molecule has 1 amide bonds. The molecule has 0 radical (unpaired) electrons. The molecule has 23 heavy (non-hydrogen) atoms. The standard InChI is InChI=1S/C18H34N2O3/c1-18(2,3)23-17(21)20-12-14-8-4-5-10-16(14)19-13-15-9-6-7-11-22-15/h14-16,19H,4-13H2,1-3H3,(H,20,21). The first-order valence-electron chi connectivity index (χ1n) is 9.26. The summed E-state index contributed by atoms with van der Waals surface area (Å²) in [6.07, 6.45) is 8.57. The first-order valence-corrected chi connectivity index (χ1v) is 9.26. The lowest BCUT2D eigenvalue weighted by atomic mass is 9.84. The minimum Gasteiger partial charge on any atom is -0.444 e. The summed E-state index contributed by atoms with van der Waals surface area (Å²) in [5, 5.41) is 6.64. The maximum atomic E-state index is 11.8. The highest BCUT2D eigenvalue weighted by Gasteiger charge is 2.27. The molecule has 1 aliphatic heterocycles. The molecule has 5 nitrogen and oxygen atoms in total. The van der Waals surface area contributed by atoms with Gasteiger partial charge < -0.3 is 20.1 Å². The number of carbonyl (C=O) groups excluding carboxylic acids is 1. The van der Waals surface area contributed by atoms with E-state index in [1.54, 1.807) is 0 Å². The summed E-state index contributed by atoms with van der Waals surface area (Å²) in [5.74, 6) is 0.486. The molecule has 3 atom stereocenters. The van der Waals surface area contributed by atoms with E-state index < -0.39 is 5.60 Å². The molecule has 1 saturated carbocycles. The molecule has 3 unspecified atom stereocenters. The normalized spacial score (nSPS) is 29.1. The van der Waals surface area contributed by atoms with Crippen LogP contribution >= 0.6 is 0 Å². The number of hydrogen-bond acceptors (Lipinski definition) is 4. The largest absolute Gasteiger partial charge is 0.444 e. The molecule has 0 bridgehead atoms. The van der Waals surface area contributed by atoms with Crippen LogP contribution in [-0.2, 0) is 9.47 Å². The smallest absolute Gasteiger partial charge is 0.407 e. The van der Waals surface area contributed by atoms with E-state index in [-0.39, 0.29) is 6.09 Å². The molecule has 2 N–H and O–H groups in total. The quantitative estimate of drug-likeness (QED) is 0.814. The minimum absolute atomic E-state index is 0.308. The molecule has 134 valence electrons. The van der Waals surface area contributed by atoms with Crippen LogP contribution in [0.3, 0.4) is 0 Å². The van der Waals surface area contributed by atoms with Gasteiger partial charge in [-0.3, -0.25) is 0 Å². The predicted molar refractivity (Wildman–Crippen MR) is 91.6 cm³/mol. The summed E-state index contributed by atoms with van der Waals surface area (Å²) < 4.78 is 11.1. The fourth-order valence-corrected chi connectivity index (χ4v) is 3.50. The Hall–Kier alpha value is -0.810. The summed E-state index contributed by atoms with van der Waals surface area (Å²) in [5.41, 5.74) is -0.438. The second kappa shape index (κ2) is 8.88. The van der Waals surface area contributed by atoms with Crippen LogP contribution in [0.1, 0.15) is 65.7 Å². The SMILES string of the molecule is CC(C)(C)OC(=O)NCC1CCCCC1NCC1CCCCO1. The zero-order valence-corrected chi connectivity index (χ0v) is 15.0. The topological polar surface area (TPSA) is 59.6 Å². The highest BCUT2D eigenvalue weighted by atomic mass is 16.6. The number of alkyl carbamates (subject to hydrolysis) is 1. The van der Waals surface area contributed by atoms with Crippen LogP contribution in [0.2, 0.25) is 0 Å². The van der Waals surface area contributed by atoms with Crippen molar-refractivity contribution in [2.75, 3.05) is 19.7 Å². The fourth-order valence-electron chi connectivity index (χ4n) is 3.50. The Morgan fingerprint density at radius 3 is 2.52 bits per heavy atom. The van der Waals surface area contributed by atoms with Crippen LogP contribution in [0.15, 0.2) is 0 Å². The van der Waals surface area contributed by atoms with E-state index in [2.05, 4.69) is 10.6 Å². The highest BCUT2D eigenvalue weighted by molar-refractivity contribution is 5.67. The van der Waals surface area contributed by atoms with Gasteiger partial charge in [-0.05, 0) is 58.8 Å². The molecule has 1 aliphatic carbocycles. The van der Waals surface area contributed by atoms with Crippen molar-refractivity contribution in [3.05, 3.63) is 0 Å². The number of rotatable bonds is 5. The Morgan fingerprint density at radius 1 is 1.09 bits per heavy atom. The van der Waals surface area contributed by atoms with Gasteiger partial charge in [-0.15, -0.1) is 0 Å². The Balaban J connectivity index is 1.73. The van der Waals surface area contributed by atoms with Crippen molar-refractivity contribution in [2.24, 2.45) is 5.92 Å². The molecule has 0 aromatic rings. The van der Waals surface area contributed by atoms with E-state index >= 15 is 0 Å². The second-order valence-electron chi connectivity index (χ2n) is 7.93. The second-order valence-corrected chi connectivity index (χ2v) is 7.93. The van der Waals surface area contributed by atoms with Crippen molar-refractivity contribution in [3.63, 3.8) is 0 Å². The van der Waals surface area contributed by atoms with E-state index in [1.165, 1.54) is 44.9 Å². The molecule has 2 rings (SSSR count).